The number of nitrogens with one attached hydrogen (secondary N) is 1. The highest BCUT2D eigenvalue weighted by atomic mass is 32.1. The van der Waals surface area contributed by atoms with Gasteiger partial charge in [0.15, 0.2) is 16.6 Å². The molecule has 7 heteroatoms. The number of aryl methyl sites for hydroxylation is 2. The summed E-state index contributed by atoms with van der Waals surface area (Å²) in [6.45, 7) is 5.60. The number of para-hydroxylation sites is 2. The Balaban J connectivity index is 1.50. The summed E-state index contributed by atoms with van der Waals surface area (Å²) in [5.74, 6) is 2.56. The van der Waals surface area contributed by atoms with Gasteiger partial charge in [-0.2, -0.15) is 0 Å². The molecule has 0 saturated heterocycles. The average molecular weight is 370 g/mol. The highest BCUT2D eigenvalue weighted by molar-refractivity contribution is 7.14. The minimum Gasteiger partial charge on any atom is -0.482 e. The molecule has 0 fully saturated rings. The highest BCUT2D eigenvalue weighted by Gasteiger charge is 2.34. The van der Waals surface area contributed by atoms with Gasteiger partial charge in [-0.05, 0) is 39.0 Å². The zero-order valence-corrected chi connectivity index (χ0v) is 15.4. The number of rotatable bonds is 3. The summed E-state index contributed by atoms with van der Waals surface area (Å²) in [7, 11) is 0. The molecule has 26 heavy (non-hydrogen) atoms. The van der Waals surface area contributed by atoms with Gasteiger partial charge in [0.25, 0.3) is 5.91 Å². The summed E-state index contributed by atoms with van der Waals surface area (Å²) in [5.41, 5.74) is 1.71. The van der Waals surface area contributed by atoms with E-state index in [0.29, 0.717) is 16.6 Å². The van der Waals surface area contributed by atoms with Crippen LogP contribution in [-0.4, -0.2) is 23.1 Å². The maximum Gasteiger partial charge on any atom is 0.271 e. The molecule has 1 amide bonds. The number of fused-ring (bicyclic) bond motifs is 1. The second-order valence-corrected chi connectivity index (χ2v) is 7.02. The van der Waals surface area contributed by atoms with Crippen molar-refractivity contribution >= 4 is 22.4 Å². The zero-order chi connectivity index (χ0) is 18.3. The van der Waals surface area contributed by atoms with E-state index in [4.69, 9.17) is 13.9 Å². The Morgan fingerprint density at radius 1 is 1.19 bits per heavy atom. The number of furan rings is 1. The molecule has 0 aliphatic carbocycles. The van der Waals surface area contributed by atoms with Gasteiger partial charge in [-0.15, -0.1) is 11.3 Å². The van der Waals surface area contributed by atoms with Crippen LogP contribution in [0.2, 0.25) is 0 Å². The maximum absolute atomic E-state index is 12.6. The summed E-state index contributed by atoms with van der Waals surface area (Å²) < 4.78 is 17.1. The zero-order valence-electron chi connectivity index (χ0n) is 14.6. The number of hydrogen-bond acceptors (Lipinski definition) is 6. The molecular formula is C19H18N2O4S. The second kappa shape index (κ2) is 6.49. The molecule has 1 aliphatic rings. The fraction of sp³-hybridized carbons (Fsp3) is 0.263. The van der Waals surface area contributed by atoms with Crippen molar-refractivity contribution in [1.82, 2.24) is 4.98 Å². The number of hydrogen-bond donors (Lipinski definition) is 1. The molecule has 0 radical (unpaired) electrons. The van der Waals surface area contributed by atoms with E-state index in [1.807, 2.05) is 50.4 Å². The Bertz CT molecular complexity index is 962. The van der Waals surface area contributed by atoms with Gasteiger partial charge in [0.1, 0.15) is 17.6 Å². The van der Waals surface area contributed by atoms with Crippen LogP contribution in [0, 0.1) is 13.8 Å². The Kier molecular flexibility index (Phi) is 4.16. The first kappa shape index (κ1) is 16.7. The minimum absolute atomic E-state index is 0.284. The maximum atomic E-state index is 12.6. The number of ether oxygens (including phenoxy) is 2. The lowest BCUT2D eigenvalue weighted by Gasteiger charge is -2.30. The van der Waals surface area contributed by atoms with Crippen LogP contribution >= 0.6 is 11.3 Å². The van der Waals surface area contributed by atoms with Gasteiger partial charge in [-0.1, -0.05) is 12.1 Å². The quantitative estimate of drug-likeness (QED) is 0.748. The second-order valence-electron chi connectivity index (χ2n) is 6.16. The first-order valence-electron chi connectivity index (χ1n) is 8.27. The first-order valence-corrected chi connectivity index (χ1v) is 9.15. The fourth-order valence-electron chi connectivity index (χ4n) is 2.92. The van der Waals surface area contributed by atoms with E-state index in [1.165, 1.54) is 11.3 Å². The molecule has 2 atom stereocenters. The predicted octanol–water partition coefficient (Wildman–Crippen LogP) is 4.19. The van der Waals surface area contributed by atoms with E-state index >= 15 is 0 Å². The smallest absolute Gasteiger partial charge is 0.271 e. The molecule has 6 nitrogen and oxygen atoms in total. The van der Waals surface area contributed by atoms with Gasteiger partial charge in [0, 0.05) is 10.9 Å². The largest absolute Gasteiger partial charge is 0.482 e. The van der Waals surface area contributed by atoms with Crippen LogP contribution in [0.1, 0.15) is 18.4 Å². The molecule has 3 aromatic rings. The van der Waals surface area contributed by atoms with Crippen molar-refractivity contribution in [2.45, 2.75) is 33.0 Å². The van der Waals surface area contributed by atoms with E-state index in [1.54, 1.807) is 6.07 Å². The summed E-state index contributed by atoms with van der Waals surface area (Å²) >= 11 is 1.36. The van der Waals surface area contributed by atoms with Gasteiger partial charge in [-0.25, -0.2) is 4.98 Å². The van der Waals surface area contributed by atoms with Crippen molar-refractivity contribution in [2.75, 3.05) is 5.32 Å². The summed E-state index contributed by atoms with van der Waals surface area (Å²) in [4.78, 5) is 17.1. The number of nitrogens with zero attached hydrogens (tertiary/aromatic N) is 1. The monoisotopic (exact) mass is 370 g/mol. The van der Waals surface area contributed by atoms with E-state index in [2.05, 4.69) is 10.3 Å². The molecule has 2 aromatic heterocycles. The lowest BCUT2D eigenvalue weighted by Crippen LogP contribution is -2.46. The van der Waals surface area contributed by atoms with Gasteiger partial charge >= 0.3 is 0 Å². The minimum atomic E-state index is -0.741. The van der Waals surface area contributed by atoms with E-state index < -0.39 is 12.2 Å². The average Bonchev–Trinajstić information content (AvgIpc) is 3.19. The standard InChI is InChI=1S/C19H18N2O4S/c1-10-8-13(11(2)23-10)14-9-26-19(20-14)21-18(22)17-12(3)24-15-6-4-5-7-16(15)25-17/h4-9,12,17H,1-3H3,(H,20,21,22)/t12-,17-/m1/s1. The molecule has 0 spiro atoms. The Hall–Kier alpha value is -2.80. The summed E-state index contributed by atoms with van der Waals surface area (Å²) in [5, 5.41) is 5.23. The van der Waals surface area contributed by atoms with Crippen molar-refractivity contribution in [3.8, 4) is 22.8 Å². The van der Waals surface area contributed by atoms with Crippen molar-refractivity contribution in [3.05, 3.63) is 47.2 Å². The molecular weight excluding hydrogens is 352 g/mol. The van der Waals surface area contributed by atoms with Crippen LogP contribution in [0.5, 0.6) is 11.5 Å². The van der Waals surface area contributed by atoms with Crippen LogP contribution < -0.4 is 14.8 Å². The molecule has 134 valence electrons. The molecule has 0 saturated carbocycles. The molecule has 1 aliphatic heterocycles. The SMILES string of the molecule is Cc1cc(-c2csc(NC(=O)[C@@H]3Oc4ccccc4O[C@@H]3C)n2)c(C)o1. The number of anilines is 1. The van der Waals surface area contributed by atoms with Crippen LogP contribution in [0.25, 0.3) is 11.3 Å². The number of carbonyl (C=O) groups excluding carboxylic acids is 1. The fourth-order valence-corrected chi connectivity index (χ4v) is 3.64. The predicted molar refractivity (Wildman–Crippen MR) is 98.9 cm³/mol. The lowest BCUT2D eigenvalue weighted by molar-refractivity contribution is -0.128. The van der Waals surface area contributed by atoms with Crippen LogP contribution in [0.15, 0.2) is 40.1 Å². The van der Waals surface area contributed by atoms with Gasteiger partial charge < -0.3 is 13.9 Å². The van der Waals surface area contributed by atoms with Gasteiger partial charge in [0.2, 0.25) is 6.10 Å². The van der Waals surface area contributed by atoms with Crippen molar-refractivity contribution < 1.29 is 18.7 Å². The van der Waals surface area contributed by atoms with Crippen LogP contribution in [0.3, 0.4) is 0 Å². The summed E-state index contributed by atoms with van der Waals surface area (Å²) in [6, 6.07) is 9.25. The number of benzene rings is 1. The normalized spacial score (nSPS) is 18.6. The third kappa shape index (κ3) is 3.06. The van der Waals surface area contributed by atoms with E-state index in [9.17, 15) is 4.79 Å². The van der Waals surface area contributed by atoms with Gasteiger partial charge in [0.05, 0.1) is 5.69 Å². The van der Waals surface area contributed by atoms with Crippen LogP contribution in [-0.2, 0) is 4.79 Å². The first-order chi connectivity index (χ1) is 12.5. The highest BCUT2D eigenvalue weighted by Crippen LogP contribution is 2.34. The number of amides is 1. The van der Waals surface area contributed by atoms with Crippen LogP contribution in [0.4, 0.5) is 5.13 Å². The Morgan fingerprint density at radius 3 is 2.62 bits per heavy atom. The van der Waals surface area contributed by atoms with Crippen molar-refractivity contribution in [2.24, 2.45) is 0 Å². The molecule has 4 rings (SSSR count). The topological polar surface area (TPSA) is 73.6 Å². The number of carbonyl (C=O) groups is 1. The summed E-state index contributed by atoms with van der Waals surface area (Å²) in [6.07, 6.45) is -1.14. The third-order valence-corrected chi connectivity index (χ3v) is 4.91. The molecule has 1 N–H and O–H groups in total. The van der Waals surface area contributed by atoms with Gasteiger partial charge in [-0.3, -0.25) is 10.1 Å². The third-order valence-electron chi connectivity index (χ3n) is 4.15. The van der Waals surface area contributed by atoms with E-state index in [0.717, 1.165) is 22.8 Å². The van der Waals surface area contributed by atoms with Crippen molar-refractivity contribution in [3.63, 3.8) is 0 Å². The molecule has 3 heterocycles. The Morgan fingerprint density at radius 2 is 1.92 bits per heavy atom. The van der Waals surface area contributed by atoms with E-state index in [-0.39, 0.29) is 5.91 Å². The molecule has 1 aromatic carbocycles. The number of aromatic nitrogens is 1. The lowest BCUT2D eigenvalue weighted by atomic mass is 10.1. The molecule has 0 bridgehead atoms. The molecule has 0 unspecified atom stereocenters. The Labute approximate surface area is 154 Å². The number of thiazole rings is 1. The van der Waals surface area contributed by atoms with Crippen molar-refractivity contribution in [1.29, 1.82) is 0 Å².